The smallest absolute Gasteiger partial charge is 0.588 e. The Morgan fingerprint density at radius 2 is 0.512 bits per heavy atom. The molecule has 2 heterocycles. The number of hydrogen-bond donors (Lipinski definition) is 0. The molecule has 0 amide bonds. The molecule has 0 aromatic heterocycles. The highest BCUT2D eigenvalue weighted by atomic mass is 27.3. The monoisotopic (exact) mass is 1160 g/mol. The van der Waals surface area contributed by atoms with E-state index < -0.39 is 30.3 Å². The summed E-state index contributed by atoms with van der Waals surface area (Å²) in [6.45, 7) is 63.0. The molecule has 6 rings (SSSR count). The van der Waals surface area contributed by atoms with Crippen molar-refractivity contribution in [2.24, 2.45) is 0 Å². The first-order valence-corrected chi connectivity index (χ1v) is 33.1. The first-order valence-electron chi connectivity index (χ1n) is 30.3. The minimum atomic E-state index is -2.69. The fourth-order valence-electron chi connectivity index (χ4n) is 10.2. The van der Waals surface area contributed by atoms with Gasteiger partial charge in [0.15, 0.2) is 0 Å². The fraction of sp³-hybridized carbons (Fsp3) is 0.657. The van der Waals surface area contributed by atoms with E-state index in [9.17, 15) is 0 Å². The van der Waals surface area contributed by atoms with Crippen molar-refractivity contribution in [2.75, 3.05) is 67.1 Å². The first-order chi connectivity index (χ1) is 37.5. The molecular weight excluding hydrogens is 1050 g/mol. The van der Waals surface area contributed by atoms with E-state index in [-0.39, 0.29) is 55.2 Å². The van der Waals surface area contributed by atoms with Crippen molar-refractivity contribution in [2.45, 2.75) is 235 Å². The maximum Gasteiger partial charge on any atom is 1.10 e. The molecule has 0 spiro atoms. The van der Waals surface area contributed by atoms with E-state index in [1.54, 1.807) is 14.2 Å². The quantitative estimate of drug-likeness (QED) is 0.0898. The molecule has 0 atom stereocenters. The second-order valence-corrected chi connectivity index (χ2v) is 34.0. The van der Waals surface area contributed by atoms with Gasteiger partial charge < -0.3 is 41.7 Å². The van der Waals surface area contributed by atoms with Crippen LogP contribution in [0.15, 0.2) is 48.5 Å². The summed E-state index contributed by atoms with van der Waals surface area (Å²) in [6.07, 6.45) is 0. The van der Waals surface area contributed by atoms with E-state index in [2.05, 4.69) is 229 Å². The third-order valence-electron chi connectivity index (χ3n) is 15.7. The molecular formula is C70H110Al2O10. The maximum absolute atomic E-state index is 6.90. The maximum atomic E-state index is 6.90. The average Bonchev–Trinajstić information content (AvgIpc) is 3.41. The molecule has 0 unspecified atom stereocenters. The van der Waals surface area contributed by atoms with Gasteiger partial charge in [-0.05, 0) is 110 Å². The molecule has 0 aliphatic carbocycles. The fourth-order valence-corrected chi connectivity index (χ4v) is 12.9. The number of fused-ring (bicyclic) bond motifs is 4. The van der Waals surface area contributed by atoms with Crippen molar-refractivity contribution < 1.29 is 41.7 Å². The standard InChI is InChI=1S/2C30H46O2.2C5H11O3.2Al/c2*1-18(21-14-19(27(2,3)4)16-23(25(21)31)29(8,9)10)22-15-20(28(5,6)7)17-24(26(22)32)30(11,12)13;2*1-7-4-5-8-3-2-6;;/h2*14-18,31-32H,1-13H3;2*2-5H2,1H3;;/q;;2*-1;2*+3/p-4. The summed E-state index contributed by atoms with van der Waals surface area (Å²) in [5.74, 6) is 3.80. The molecule has 12 heteroatoms. The van der Waals surface area contributed by atoms with Gasteiger partial charge in [0.25, 0.3) is 0 Å². The largest absolute Gasteiger partial charge is 1.10 e. The van der Waals surface area contributed by atoms with Crippen molar-refractivity contribution in [3.63, 3.8) is 0 Å². The molecule has 0 saturated carbocycles. The van der Waals surface area contributed by atoms with Crippen LogP contribution in [0, 0.1) is 0 Å². The Hall–Kier alpha value is -3.10. The van der Waals surface area contributed by atoms with Gasteiger partial charge in [-0.15, -0.1) is 0 Å². The van der Waals surface area contributed by atoms with Gasteiger partial charge in [-0.1, -0.05) is 229 Å². The van der Waals surface area contributed by atoms with Gasteiger partial charge in [0.1, 0.15) is 0 Å². The highest BCUT2D eigenvalue weighted by Gasteiger charge is 2.48. The van der Waals surface area contributed by atoms with E-state index in [0.717, 1.165) is 23.0 Å². The van der Waals surface area contributed by atoms with Crippen LogP contribution in [0.5, 0.6) is 23.0 Å². The number of ether oxygens (including phenoxy) is 4. The molecule has 0 bridgehead atoms. The lowest BCUT2D eigenvalue weighted by Gasteiger charge is -2.37. The second kappa shape index (κ2) is 26.9. The summed E-state index contributed by atoms with van der Waals surface area (Å²) in [4.78, 5) is 0. The van der Waals surface area contributed by atoms with E-state index >= 15 is 0 Å². The lowest BCUT2D eigenvalue weighted by Crippen LogP contribution is -2.39. The van der Waals surface area contributed by atoms with E-state index in [0.29, 0.717) is 52.9 Å². The SMILES string of the molecule is COCCOCC[O][Al]1[O]c2c(cc(C(C)(C)C)cc2C(C)(C)C)C(C)c2cc(C(C)(C)C)cc(C(C)(C)C)c2[O]1.COCCOCC[O][Al]1[O]c2c(cc(C(C)(C)C)cc2C(C)(C)C)C(C)c2cc(C(C)(C)C)cc(C(C)(C)C)c2[O]1. The van der Waals surface area contributed by atoms with Crippen LogP contribution in [-0.4, -0.2) is 97.4 Å². The Labute approximate surface area is 509 Å². The number of benzene rings is 4. The zero-order valence-electron chi connectivity index (χ0n) is 56.7. The second-order valence-electron chi connectivity index (χ2n) is 31.2. The Bertz CT molecular complexity index is 2400. The third kappa shape index (κ3) is 18.0. The van der Waals surface area contributed by atoms with Crippen LogP contribution in [0.2, 0.25) is 0 Å². The Morgan fingerprint density at radius 1 is 0.305 bits per heavy atom. The van der Waals surface area contributed by atoms with Crippen LogP contribution >= 0.6 is 0 Å². The summed E-state index contributed by atoms with van der Waals surface area (Å²) in [5, 5.41) is 0. The van der Waals surface area contributed by atoms with Gasteiger partial charge in [0, 0.05) is 39.3 Å². The minimum Gasteiger partial charge on any atom is -0.588 e. The molecule has 0 radical (unpaired) electrons. The predicted octanol–water partition coefficient (Wildman–Crippen LogP) is 16.9. The molecule has 0 fully saturated rings. The van der Waals surface area contributed by atoms with Gasteiger partial charge >= 0.3 is 30.3 Å². The van der Waals surface area contributed by atoms with Crippen LogP contribution in [0.25, 0.3) is 0 Å². The highest BCUT2D eigenvalue weighted by molar-refractivity contribution is 6.39. The van der Waals surface area contributed by atoms with Gasteiger partial charge in [-0.2, -0.15) is 0 Å². The van der Waals surface area contributed by atoms with Crippen LogP contribution in [0.1, 0.15) is 259 Å². The van der Waals surface area contributed by atoms with Crippen LogP contribution in [0.3, 0.4) is 0 Å². The molecule has 0 saturated heterocycles. The third-order valence-corrected chi connectivity index (χ3v) is 18.4. The first kappa shape index (κ1) is 69.7. The molecule has 0 N–H and O–H groups in total. The summed E-state index contributed by atoms with van der Waals surface area (Å²) in [7, 11) is 3.35. The van der Waals surface area contributed by atoms with Crippen LogP contribution in [0.4, 0.5) is 0 Å². The van der Waals surface area contributed by atoms with Gasteiger partial charge in [0.05, 0.1) is 62.6 Å². The number of rotatable bonds is 14. The normalized spacial score (nSPS) is 15.0. The van der Waals surface area contributed by atoms with E-state index in [1.807, 2.05) is 0 Å². The Balaban J connectivity index is 0.000000301. The summed E-state index contributed by atoms with van der Waals surface area (Å²) in [6, 6.07) is 18.8. The van der Waals surface area contributed by atoms with Crippen LogP contribution < -0.4 is 15.2 Å². The molecule has 10 nitrogen and oxygen atoms in total. The van der Waals surface area contributed by atoms with Crippen molar-refractivity contribution in [1.82, 2.24) is 0 Å². The molecule has 2 aliphatic rings. The summed E-state index contributed by atoms with van der Waals surface area (Å²) >= 11 is -5.37. The zero-order valence-corrected chi connectivity index (χ0v) is 59.0. The average molecular weight is 1170 g/mol. The number of methoxy groups -OCH3 is 2. The minimum absolute atomic E-state index is 0.00680. The topological polar surface area (TPSA) is 92.3 Å². The molecule has 82 heavy (non-hydrogen) atoms. The molecule has 4 aromatic carbocycles. The lowest BCUT2D eigenvalue weighted by atomic mass is 9.74. The van der Waals surface area contributed by atoms with Crippen molar-refractivity contribution in [1.29, 1.82) is 0 Å². The molecule has 456 valence electrons. The summed E-state index contributed by atoms with van der Waals surface area (Å²) < 4.78 is 62.0. The zero-order chi connectivity index (χ0) is 61.9. The predicted molar refractivity (Wildman–Crippen MR) is 342 cm³/mol. The van der Waals surface area contributed by atoms with Crippen LogP contribution in [-0.2, 0) is 69.8 Å². The van der Waals surface area contributed by atoms with Crippen molar-refractivity contribution >= 4 is 30.3 Å². The van der Waals surface area contributed by atoms with Gasteiger partial charge in [-0.3, -0.25) is 0 Å². The Morgan fingerprint density at radius 3 is 0.695 bits per heavy atom. The van der Waals surface area contributed by atoms with E-state index in [1.165, 1.54) is 66.8 Å². The van der Waals surface area contributed by atoms with E-state index in [4.69, 9.17) is 41.7 Å². The summed E-state index contributed by atoms with van der Waals surface area (Å²) in [5.41, 5.74) is 14.3. The van der Waals surface area contributed by atoms with Crippen molar-refractivity contribution in [3.05, 3.63) is 115 Å². The number of hydrogen-bond acceptors (Lipinski definition) is 10. The lowest BCUT2D eigenvalue weighted by molar-refractivity contribution is 0.0463. The van der Waals surface area contributed by atoms with Gasteiger partial charge in [-0.25, -0.2) is 0 Å². The van der Waals surface area contributed by atoms with Gasteiger partial charge in [0.2, 0.25) is 0 Å². The molecule has 2 aliphatic heterocycles. The Kier molecular flexibility index (Phi) is 22.8. The molecule has 4 aromatic rings. The van der Waals surface area contributed by atoms with Crippen molar-refractivity contribution in [3.8, 4) is 23.0 Å². The highest BCUT2D eigenvalue weighted by Crippen LogP contribution is 2.52.